The van der Waals surface area contributed by atoms with E-state index in [0.29, 0.717) is 24.2 Å². The van der Waals surface area contributed by atoms with Gasteiger partial charge in [0.05, 0.1) is 17.3 Å². The Balaban J connectivity index is 2.63. The number of sulfone groups is 1. The van der Waals surface area contributed by atoms with E-state index in [-0.39, 0.29) is 28.4 Å². The highest BCUT2D eigenvalue weighted by atomic mass is 32.2. The third kappa shape index (κ3) is 3.67. The van der Waals surface area contributed by atoms with Crippen molar-refractivity contribution in [2.24, 2.45) is 0 Å². The Morgan fingerprint density at radius 3 is 2.65 bits per heavy atom. The van der Waals surface area contributed by atoms with E-state index in [1.807, 2.05) is 20.8 Å². The molecule has 0 aliphatic carbocycles. The van der Waals surface area contributed by atoms with E-state index < -0.39 is 16.0 Å². The van der Waals surface area contributed by atoms with E-state index in [1.165, 1.54) is 6.07 Å². The smallest absolute Gasteiger partial charge is 0.449 e. The summed E-state index contributed by atoms with van der Waals surface area (Å²) in [5.41, 5.74) is 0.685. The Morgan fingerprint density at radius 2 is 2.04 bits per heavy atom. The summed E-state index contributed by atoms with van der Waals surface area (Å²) in [5.74, 6) is 0.0539. The van der Waals surface area contributed by atoms with Crippen LogP contribution in [0.3, 0.4) is 0 Å². The lowest BCUT2D eigenvalue weighted by Gasteiger charge is -2.33. The fourth-order valence-corrected chi connectivity index (χ4v) is 4.97. The molecule has 0 spiro atoms. The number of hydrogen-bond acceptors (Lipinski definition) is 5. The average molecular weight is 342 g/mol. The van der Waals surface area contributed by atoms with Crippen LogP contribution in [0.5, 0.6) is 5.75 Å². The Bertz CT molecular complexity index is 706. The molecule has 0 radical (unpaired) electrons. The van der Waals surface area contributed by atoms with Gasteiger partial charge in [-0.25, -0.2) is 13.2 Å². The quantitative estimate of drug-likeness (QED) is 0.502. The highest BCUT2D eigenvalue weighted by Gasteiger charge is 2.38. The fraction of sp³-hybridized carbons (Fsp3) is 0.562. The lowest BCUT2D eigenvalue weighted by molar-refractivity contribution is 0.114. The number of rotatable bonds is 5. The molecule has 0 atom stereocenters. The van der Waals surface area contributed by atoms with Crippen molar-refractivity contribution in [3.05, 3.63) is 23.3 Å². The van der Waals surface area contributed by atoms with Crippen LogP contribution in [0, 0.1) is 0 Å². The minimum absolute atomic E-state index is 0.00887. The van der Waals surface area contributed by atoms with Crippen molar-refractivity contribution in [3.63, 3.8) is 0 Å². The van der Waals surface area contributed by atoms with Gasteiger partial charge in [0.1, 0.15) is 5.75 Å². The molecule has 0 bridgehead atoms. The molecule has 0 saturated carbocycles. The van der Waals surface area contributed by atoms with E-state index in [4.69, 9.17) is 14.6 Å². The zero-order valence-corrected chi connectivity index (χ0v) is 14.4. The molecular formula is C16H22O6S. The van der Waals surface area contributed by atoms with Crippen LogP contribution in [0.15, 0.2) is 17.0 Å². The SMILES string of the molecule is CCCOCc1c(OC(=O)O)ccc2c1S(=O)(=O)CCC2(C)C. The van der Waals surface area contributed by atoms with E-state index in [2.05, 4.69) is 0 Å². The fourth-order valence-electron chi connectivity index (χ4n) is 2.77. The normalized spacial score (nSPS) is 18.2. The Hall–Kier alpha value is -1.60. The molecule has 0 fully saturated rings. The summed E-state index contributed by atoms with van der Waals surface area (Å²) in [5, 5.41) is 8.89. The Labute approximate surface area is 136 Å². The maximum absolute atomic E-state index is 12.6. The first-order valence-corrected chi connectivity index (χ1v) is 9.22. The molecule has 1 aliphatic heterocycles. The van der Waals surface area contributed by atoms with Crippen LogP contribution in [0.2, 0.25) is 0 Å². The summed E-state index contributed by atoms with van der Waals surface area (Å²) in [6.45, 7) is 6.37. The molecule has 1 N–H and O–H groups in total. The maximum atomic E-state index is 12.6. The zero-order valence-electron chi connectivity index (χ0n) is 13.6. The first kappa shape index (κ1) is 17.7. The van der Waals surface area contributed by atoms with Crippen LogP contribution in [0.1, 0.15) is 44.7 Å². The second-order valence-corrected chi connectivity index (χ2v) is 8.34. The number of carboxylic acid groups (broad SMARTS) is 1. The third-order valence-corrected chi connectivity index (χ3v) is 5.88. The molecule has 128 valence electrons. The average Bonchev–Trinajstić information content (AvgIpc) is 2.45. The molecule has 23 heavy (non-hydrogen) atoms. The van der Waals surface area contributed by atoms with Crippen molar-refractivity contribution in [2.45, 2.75) is 50.5 Å². The molecule has 1 aromatic carbocycles. The molecule has 0 aromatic heterocycles. The number of fused-ring (bicyclic) bond motifs is 1. The standard InChI is InChI=1S/C16H22O6S/c1-4-8-21-10-11-13(22-15(17)18)6-5-12-14(11)23(19,20)9-7-16(12,2)3/h5-6H,4,7-10H2,1-3H3,(H,17,18). The van der Waals surface area contributed by atoms with Crippen molar-refractivity contribution in [2.75, 3.05) is 12.4 Å². The molecule has 1 aromatic rings. The number of carbonyl (C=O) groups is 1. The first-order valence-electron chi connectivity index (χ1n) is 7.56. The van der Waals surface area contributed by atoms with E-state index >= 15 is 0 Å². The molecular weight excluding hydrogens is 320 g/mol. The van der Waals surface area contributed by atoms with E-state index in [9.17, 15) is 13.2 Å². The number of benzene rings is 1. The summed E-state index contributed by atoms with van der Waals surface area (Å²) >= 11 is 0. The molecule has 2 rings (SSSR count). The monoisotopic (exact) mass is 342 g/mol. The zero-order chi connectivity index (χ0) is 17.3. The Kier molecular flexibility index (Phi) is 5.01. The molecule has 0 saturated heterocycles. The minimum atomic E-state index is -3.49. The highest BCUT2D eigenvalue weighted by Crippen LogP contribution is 2.43. The van der Waals surface area contributed by atoms with Gasteiger partial charge in [-0.3, -0.25) is 0 Å². The van der Waals surface area contributed by atoms with Gasteiger partial charge in [0.15, 0.2) is 9.84 Å². The summed E-state index contributed by atoms with van der Waals surface area (Å²) in [6, 6.07) is 3.16. The van der Waals surface area contributed by atoms with Crippen molar-refractivity contribution in [3.8, 4) is 5.75 Å². The summed E-state index contributed by atoms with van der Waals surface area (Å²) in [7, 11) is -3.49. The molecule has 7 heteroatoms. The van der Waals surface area contributed by atoms with Gasteiger partial charge in [-0.2, -0.15) is 0 Å². The highest BCUT2D eigenvalue weighted by molar-refractivity contribution is 7.91. The molecule has 1 heterocycles. The third-order valence-electron chi connectivity index (χ3n) is 4.05. The number of hydrogen-bond donors (Lipinski definition) is 1. The van der Waals surface area contributed by atoms with Crippen LogP contribution >= 0.6 is 0 Å². The van der Waals surface area contributed by atoms with Crippen molar-refractivity contribution < 1.29 is 27.8 Å². The Morgan fingerprint density at radius 1 is 1.35 bits per heavy atom. The van der Waals surface area contributed by atoms with Gasteiger partial charge in [0.2, 0.25) is 0 Å². The number of ether oxygens (including phenoxy) is 2. The van der Waals surface area contributed by atoms with Crippen LogP contribution < -0.4 is 4.74 Å². The van der Waals surface area contributed by atoms with Crippen molar-refractivity contribution in [1.29, 1.82) is 0 Å². The topological polar surface area (TPSA) is 89.9 Å². The molecule has 0 amide bonds. The molecule has 6 nitrogen and oxygen atoms in total. The van der Waals surface area contributed by atoms with Crippen molar-refractivity contribution >= 4 is 16.0 Å². The first-order chi connectivity index (χ1) is 10.7. The lowest BCUT2D eigenvalue weighted by atomic mass is 9.81. The lowest BCUT2D eigenvalue weighted by Crippen LogP contribution is -2.31. The van der Waals surface area contributed by atoms with Gasteiger partial charge in [-0.15, -0.1) is 0 Å². The second-order valence-electron chi connectivity index (χ2n) is 6.29. The summed E-state index contributed by atoms with van der Waals surface area (Å²) in [4.78, 5) is 11.1. The minimum Gasteiger partial charge on any atom is -0.449 e. The van der Waals surface area contributed by atoms with Crippen LogP contribution in [0.25, 0.3) is 0 Å². The maximum Gasteiger partial charge on any atom is 0.511 e. The predicted octanol–water partition coefficient (Wildman–Crippen LogP) is 3.13. The second kappa shape index (κ2) is 6.49. The van der Waals surface area contributed by atoms with Crippen LogP contribution in [0.4, 0.5) is 4.79 Å². The van der Waals surface area contributed by atoms with Gasteiger partial charge >= 0.3 is 6.16 Å². The van der Waals surface area contributed by atoms with Gasteiger partial charge in [-0.1, -0.05) is 26.8 Å². The van der Waals surface area contributed by atoms with Gasteiger partial charge in [-0.05, 0) is 29.9 Å². The van der Waals surface area contributed by atoms with Gasteiger partial charge < -0.3 is 14.6 Å². The van der Waals surface area contributed by atoms with Crippen LogP contribution in [-0.2, 0) is 26.6 Å². The summed E-state index contributed by atoms with van der Waals surface area (Å²) < 4.78 is 35.4. The van der Waals surface area contributed by atoms with Crippen LogP contribution in [-0.4, -0.2) is 32.0 Å². The predicted molar refractivity (Wildman–Crippen MR) is 84.7 cm³/mol. The molecule has 0 unspecified atom stereocenters. The largest absolute Gasteiger partial charge is 0.511 e. The molecule has 1 aliphatic rings. The van der Waals surface area contributed by atoms with Gasteiger partial charge in [0.25, 0.3) is 0 Å². The summed E-state index contributed by atoms with van der Waals surface area (Å²) in [6.07, 6.45) is -0.173. The van der Waals surface area contributed by atoms with Gasteiger partial charge in [0, 0.05) is 12.2 Å². The van der Waals surface area contributed by atoms with E-state index in [0.717, 1.165) is 6.42 Å². The van der Waals surface area contributed by atoms with Crippen molar-refractivity contribution in [1.82, 2.24) is 0 Å². The van der Waals surface area contributed by atoms with E-state index in [1.54, 1.807) is 6.07 Å².